The molecule has 1 saturated carbocycles. The van der Waals surface area contributed by atoms with Gasteiger partial charge in [-0.3, -0.25) is 9.59 Å². The predicted octanol–water partition coefficient (Wildman–Crippen LogP) is 1.43. The molecule has 0 aromatic carbocycles. The first-order valence-electron chi connectivity index (χ1n) is 7.67. The molecule has 1 heterocycles. The first kappa shape index (κ1) is 15.3. The summed E-state index contributed by atoms with van der Waals surface area (Å²) < 4.78 is 0. The number of piperidine rings is 1. The lowest BCUT2D eigenvalue weighted by Gasteiger charge is -2.38. The highest BCUT2D eigenvalue weighted by molar-refractivity contribution is 5.80. The summed E-state index contributed by atoms with van der Waals surface area (Å²) in [6.45, 7) is 1.62. The molecular formula is C15H26N2O3. The van der Waals surface area contributed by atoms with Crippen molar-refractivity contribution in [1.29, 1.82) is 0 Å². The van der Waals surface area contributed by atoms with Gasteiger partial charge < -0.3 is 14.9 Å². The van der Waals surface area contributed by atoms with E-state index in [2.05, 4.69) is 19.0 Å². The number of nitrogens with zero attached hydrogens (tertiary/aromatic N) is 2. The van der Waals surface area contributed by atoms with Gasteiger partial charge >= 0.3 is 5.97 Å². The van der Waals surface area contributed by atoms with E-state index >= 15 is 0 Å². The number of hydrogen-bond acceptors (Lipinski definition) is 3. The van der Waals surface area contributed by atoms with E-state index < -0.39 is 5.97 Å². The Labute approximate surface area is 120 Å². The largest absolute Gasteiger partial charge is 0.481 e. The SMILES string of the molecule is CN(C)C1CCCN(C(=O)C2CCCC(C(=O)O)C2)C1. The van der Waals surface area contributed by atoms with Gasteiger partial charge in [-0.1, -0.05) is 6.42 Å². The van der Waals surface area contributed by atoms with Crippen molar-refractivity contribution in [1.82, 2.24) is 9.80 Å². The zero-order chi connectivity index (χ0) is 14.7. The summed E-state index contributed by atoms with van der Waals surface area (Å²) in [6, 6.07) is 0.437. The molecule has 20 heavy (non-hydrogen) atoms. The number of rotatable bonds is 3. The minimum atomic E-state index is -0.743. The van der Waals surface area contributed by atoms with Gasteiger partial charge in [-0.05, 0) is 46.2 Å². The minimum Gasteiger partial charge on any atom is -0.481 e. The van der Waals surface area contributed by atoms with Gasteiger partial charge in [-0.15, -0.1) is 0 Å². The third-order valence-corrected chi connectivity index (χ3v) is 4.81. The molecule has 1 amide bonds. The van der Waals surface area contributed by atoms with Crippen LogP contribution in [-0.4, -0.2) is 60.0 Å². The molecule has 1 aliphatic carbocycles. The average molecular weight is 282 g/mol. The molecule has 2 rings (SSSR count). The Kier molecular flexibility index (Phi) is 5.02. The number of hydrogen-bond donors (Lipinski definition) is 1. The van der Waals surface area contributed by atoms with Crippen molar-refractivity contribution in [2.24, 2.45) is 11.8 Å². The molecule has 1 aliphatic heterocycles. The van der Waals surface area contributed by atoms with Crippen molar-refractivity contribution in [2.75, 3.05) is 27.2 Å². The number of aliphatic carboxylic acids is 1. The van der Waals surface area contributed by atoms with Crippen molar-refractivity contribution in [3.8, 4) is 0 Å². The molecule has 5 nitrogen and oxygen atoms in total. The standard InChI is InChI=1S/C15H26N2O3/c1-16(2)13-7-4-8-17(10-13)14(18)11-5-3-6-12(9-11)15(19)20/h11-13H,3-10H2,1-2H3,(H,19,20). The highest BCUT2D eigenvalue weighted by Crippen LogP contribution is 2.31. The second-order valence-corrected chi connectivity index (χ2v) is 6.44. The van der Waals surface area contributed by atoms with E-state index in [9.17, 15) is 9.59 Å². The molecule has 1 N–H and O–H groups in total. The molecule has 0 aromatic rings. The predicted molar refractivity (Wildman–Crippen MR) is 76.4 cm³/mol. The van der Waals surface area contributed by atoms with Gasteiger partial charge in [0, 0.05) is 25.0 Å². The van der Waals surface area contributed by atoms with E-state index in [1.54, 1.807) is 0 Å². The summed E-state index contributed by atoms with van der Waals surface area (Å²) in [7, 11) is 4.11. The summed E-state index contributed by atoms with van der Waals surface area (Å²) in [4.78, 5) is 27.9. The molecule has 0 bridgehead atoms. The quantitative estimate of drug-likeness (QED) is 0.850. The fourth-order valence-electron chi connectivity index (χ4n) is 3.47. The highest BCUT2D eigenvalue weighted by atomic mass is 16.4. The molecule has 0 spiro atoms. The Balaban J connectivity index is 1.94. The number of likely N-dealkylation sites (N-methyl/N-ethyl adjacent to an activating group) is 1. The van der Waals surface area contributed by atoms with Crippen LogP contribution in [-0.2, 0) is 9.59 Å². The van der Waals surface area contributed by atoms with E-state index in [1.165, 1.54) is 0 Å². The first-order valence-corrected chi connectivity index (χ1v) is 7.67. The van der Waals surface area contributed by atoms with Crippen molar-refractivity contribution in [2.45, 2.75) is 44.6 Å². The van der Waals surface area contributed by atoms with Crippen LogP contribution in [0.5, 0.6) is 0 Å². The van der Waals surface area contributed by atoms with Crippen molar-refractivity contribution >= 4 is 11.9 Å². The van der Waals surface area contributed by atoms with Crippen molar-refractivity contribution < 1.29 is 14.7 Å². The molecule has 5 heteroatoms. The molecule has 1 saturated heterocycles. The molecular weight excluding hydrogens is 256 g/mol. The van der Waals surface area contributed by atoms with Crippen LogP contribution >= 0.6 is 0 Å². The molecule has 2 fully saturated rings. The van der Waals surface area contributed by atoms with Crippen LogP contribution in [0.1, 0.15) is 38.5 Å². The van der Waals surface area contributed by atoms with Gasteiger partial charge in [0.15, 0.2) is 0 Å². The maximum absolute atomic E-state index is 12.6. The smallest absolute Gasteiger partial charge is 0.306 e. The molecule has 3 unspecified atom stereocenters. The van der Waals surface area contributed by atoms with Crippen LogP contribution in [0.2, 0.25) is 0 Å². The topological polar surface area (TPSA) is 60.9 Å². The third-order valence-electron chi connectivity index (χ3n) is 4.81. The maximum Gasteiger partial charge on any atom is 0.306 e. The normalized spacial score (nSPS) is 31.4. The summed E-state index contributed by atoms with van der Waals surface area (Å²) in [5.41, 5.74) is 0. The molecule has 3 atom stereocenters. The van der Waals surface area contributed by atoms with Crippen molar-refractivity contribution in [3.05, 3.63) is 0 Å². The zero-order valence-electron chi connectivity index (χ0n) is 12.5. The third kappa shape index (κ3) is 3.51. The molecule has 2 aliphatic rings. The summed E-state index contributed by atoms with van der Waals surface area (Å²) in [6.07, 6.45) is 5.14. The minimum absolute atomic E-state index is 0.0780. The molecule has 0 aromatic heterocycles. The van der Waals surface area contributed by atoms with Gasteiger partial charge in [0.25, 0.3) is 0 Å². The van der Waals surface area contributed by atoms with Gasteiger partial charge in [0.05, 0.1) is 5.92 Å². The van der Waals surface area contributed by atoms with Gasteiger partial charge in [0.2, 0.25) is 5.91 Å². The van der Waals surface area contributed by atoms with Crippen LogP contribution in [0.4, 0.5) is 0 Å². The molecule has 114 valence electrons. The highest BCUT2D eigenvalue weighted by Gasteiger charge is 2.35. The summed E-state index contributed by atoms with van der Waals surface area (Å²) >= 11 is 0. The lowest BCUT2D eigenvalue weighted by molar-refractivity contribution is -0.146. The summed E-state index contributed by atoms with van der Waals surface area (Å²) in [5.74, 6) is -0.965. The fourth-order valence-corrected chi connectivity index (χ4v) is 3.47. The van der Waals surface area contributed by atoms with E-state index in [-0.39, 0.29) is 17.7 Å². The first-order chi connectivity index (χ1) is 9.49. The fraction of sp³-hybridized carbons (Fsp3) is 0.867. The van der Waals surface area contributed by atoms with Gasteiger partial charge in [-0.25, -0.2) is 0 Å². The van der Waals surface area contributed by atoms with Crippen molar-refractivity contribution in [3.63, 3.8) is 0 Å². The number of amides is 1. The Morgan fingerprint density at radius 2 is 1.80 bits per heavy atom. The van der Waals surface area contributed by atoms with Gasteiger partial charge in [0.1, 0.15) is 0 Å². The maximum atomic E-state index is 12.6. The van der Waals surface area contributed by atoms with Crippen LogP contribution in [0.15, 0.2) is 0 Å². The number of carboxylic acid groups (broad SMARTS) is 1. The van der Waals surface area contributed by atoms with E-state index in [1.807, 2.05) is 4.90 Å². The Morgan fingerprint density at radius 3 is 2.45 bits per heavy atom. The van der Waals surface area contributed by atoms with E-state index in [4.69, 9.17) is 5.11 Å². The lowest BCUT2D eigenvalue weighted by atomic mass is 9.80. The lowest BCUT2D eigenvalue weighted by Crippen LogP contribution is -2.49. The van der Waals surface area contributed by atoms with Crippen LogP contribution in [0.25, 0.3) is 0 Å². The monoisotopic (exact) mass is 282 g/mol. The number of carboxylic acids is 1. The number of carbonyl (C=O) groups is 2. The van der Waals surface area contributed by atoms with Gasteiger partial charge in [-0.2, -0.15) is 0 Å². The van der Waals surface area contributed by atoms with Crippen LogP contribution in [0.3, 0.4) is 0 Å². The number of likely N-dealkylation sites (tertiary alicyclic amines) is 1. The van der Waals surface area contributed by atoms with E-state index in [0.29, 0.717) is 12.5 Å². The second kappa shape index (κ2) is 6.57. The Hall–Kier alpha value is -1.10. The zero-order valence-corrected chi connectivity index (χ0v) is 12.5. The number of carbonyl (C=O) groups excluding carboxylic acids is 1. The Bertz CT molecular complexity index is 370. The average Bonchev–Trinajstić information content (AvgIpc) is 2.46. The van der Waals surface area contributed by atoms with Crippen LogP contribution < -0.4 is 0 Å². The molecule has 0 radical (unpaired) electrons. The second-order valence-electron chi connectivity index (χ2n) is 6.44. The van der Waals surface area contributed by atoms with Crippen LogP contribution in [0, 0.1) is 11.8 Å². The van der Waals surface area contributed by atoms with E-state index in [0.717, 1.165) is 45.2 Å². The summed E-state index contributed by atoms with van der Waals surface area (Å²) in [5, 5.41) is 9.13. The Morgan fingerprint density at radius 1 is 1.10 bits per heavy atom.